The SMILES string of the molecule is CCC(C)(CC(C)(C)C(C)=O)C(=O)OCCn1ccnc1. The molecule has 0 aromatic carbocycles. The van der Waals surface area contributed by atoms with Gasteiger partial charge in [0.05, 0.1) is 18.3 Å². The van der Waals surface area contributed by atoms with Crippen molar-refractivity contribution in [3.05, 3.63) is 18.7 Å². The van der Waals surface area contributed by atoms with Gasteiger partial charge in [0.15, 0.2) is 0 Å². The summed E-state index contributed by atoms with van der Waals surface area (Å²) in [7, 11) is 0. The zero-order valence-corrected chi connectivity index (χ0v) is 13.7. The molecule has 5 nitrogen and oxygen atoms in total. The van der Waals surface area contributed by atoms with Gasteiger partial charge in [-0.1, -0.05) is 20.8 Å². The first kappa shape index (κ1) is 17.4. The molecular weight excluding hydrogens is 268 g/mol. The molecule has 0 aliphatic heterocycles. The van der Waals surface area contributed by atoms with Crippen molar-refractivity contribution in [3.8, 4) is 0 Å². The highest BCUT2D eigenvalue weighted by Crippen LogP contribution is 2.38. The van der Waals surface area contributed by atoms with E-state index in [1.165, 1.54) is 0 Å². The Bertz CT molecular complexity index is 480. The molecule has 21 heavy (non-hydrogen) atoms. The second-order valence-electron chi connectivity index (χ2n) is 6.47. The molecule has 0 N–H and O–H groups in total. The van der Waals surface area contributed by atoms with Crippen LogP contribution in [0.25, 0.3) is 0 Å². The molecule has 0 fully saturated rings. The summed E-state index contributed by atoms with van der Waals surface area (Å²) in [4.78, 5) is 28.0. The lowest BCUT2D eigenvalue weighted by Crippen LogP contribution is -2.37. The second kappa shape index (κ2) is 6.87. The molecule has 1 atom stereocenters. The molecule has 0 spiro atoms. The summed E-state index contributed by atoms with van der Waals surface area (Å²) >= 11 is 0. The fourth-order valence-electron chi connectivity index (χ4n) is 2.28. The largest absolute Gasteiger partial charge is 0.463 e. The molecule has 0 bridgehead atoms. The zero-order valence-electron chi connectivity index (χ0n) is 13.7. The van der Waals surface area contributed by atoms with Gasteiger partial charge in [0.2, 0.25) is 0 Å². The number of imidazole rings is 1. The molecule has 1 rings (SSSR count). The molecule has 1 heterocycles. The van der Waals surface area contributed by atoms with Crippen LogP contribution in [-0.4, -0.2) is 27.9 Å². The van der Waals surface area contributed by atoms with Crippen molar-refractivity contribution >= 4 is 11.8 Å². The van der Waals surface area contributed by atoms with Crippen LogP contribution in [0.15, 0.2) is 18.7 Å². The number of hydrogen-bond donors (Lipinski definition) is 0. The van der Waals surface area contributed by atoms with Crippen molar-refractivity contribution in [3.63, 3.8) is 0 Å². The van der Waals surface area contributed by atoms with Gasteiger partial charge in [-0.3, -0.25) is 9.59 Å². The third-order valence-corrected chi connectivity index (χ3v) is 4.20. The van der Waals surface area contributed by atoms with E-state index in [1.54, 1.807) is 19.4 Å². The topological polar surface area (TPSA) is 61.2 Å². The average molecular weight is 294 g/mol. The third-order valence-electron chi connectivity index (χ3n) is 4.20. The molecule has 118 valence electrons. The Morgan fingerprint density at radius 1 is 1.29 bits per heavy atom. The number of aromatic nitrogens is 2. The van der Waals surface area contributed by atoms with Crippen molar-refractivity contribution < 1.29 is 14.3 Å². The Morgan fingerprint density at radius 2 is 1.95 bits per heavy atom. The van der Waals surface area contributed by atoms with Gasteiger partial charge < -0.3 is 9.30 Å². The van der Waals surface area contributed by atoms with Crippen LogP contribution in [0.1, 0.15) is 47.5 Å². The number of carbonyl (C=O) groups excluding carboxylic acids is 2. The number of ether oxygens (including phenoxy) is 1. The van der Waals surface area contributed by atoms with Gasteiger partial charge in [-0.15, -0.1) is 0 Å². The van der Waals surface area contributed by atoms with Crippen LogP contribution in [0.5, 0.6) is 0 Å². The molecule has 0 saturated carbocycles. The van der Waals surface area contributed by atoms with E-state index >= 15 is 0 Å². The quantitative estimate of drug-likeness (QED) is 0.692. The highest BCUT2D eigenvalue weighted by molar-refractivity contribution is 5.83. The van der Waals surface area contributed by atoms with Crippen LogP contribution in [-0.2, 0) is 20.9 Å². The minimum absolute atomic E-state index is 0.0911. The van der Waals surface area contributed by atoms with E-state index in [1.807, 2.05) is 38.5 Å². The van der Waals surface area contributed by atoms with Crippen molar-refractivity contribution in [1.82, 2.24) is 9.55 Å². The number of esters is 1. The minimum atomic E-state index is -0.635. The number of nitrogens with zero attached hydrogens (tertiary/aromatic N) is 2. The zero-order chi connectivity index (χ0) is 16.1. The fourth-order valence-corrected chi connectivity index (χ4v) is 2.28. The van der Waals surface area contributed by atoms with Gasteiger partial charge in [0.1, 0.15) is 12.4 Å². The minimum Gasteiger partial charge on any atom is -0.463 e. The maximum atomic E-state index is 12.4. The number of Topliss-reactive ketones (excluding diaryl/α,β-unsaturated/α-hetero) is 1. The number of rotatable bonds is 8. The van der Waals surface area contributed by atoms with E-state index in [9.17, 15) is 9.59 Å². The first-order valence-corrected chi connectivity index (χ1v) is 7.35. The standard InChI is InChI=1S/C16H26N2O3/c1-6-16(5,11-15(3,4)13(2)19)14(20)21-10-9-18-8-7-17-12-18/h7-8,12H,6,9-11H2,1-5H3. The molecule has 0 aliphatic rings. The Labute approximate surface area is 126 Å². The summed E-state index contributed by atoms with van der Waals surface area (Å²) < 4.78 is 7.26. The van der Waals surface area contributed by atoms with Gasteiger partial charge in [0, 0.05) is 17.8 Å². The third kappa shape index (κ3) is 4.69. The van der Waals surface area contributed by atoms with Crippen molar-refractivity contribution in [2.45, 2.75) is 54.0 Å². The van der Waals surface area contributed by atoms with E-state index in [-0.39, 0.29) is 11.8 Å². The highest BCUT2D eigenvalue weighted by Gasteiger charge is 2.40. The lowest BCUT2D eigenvalue weighted by Gasteiger charge is -2.33. The van der Waals surface area contributed by atoms with Gasteiger partial charge >= 0.3 is 5.97 Å². The van der Waals surface area contributed by atoms with E-state index in [0.717, 1.165) is 0 Å². The van der Waals surface area contributed by atoms with E-state index in [4.69, 9.17) is 4.74 Å². The lowest BCUT2D eigenvalue weighted by atomic mass is 9.71. The first-order chi connectivity index (χ1) is 9.71. The average Bonchev–Trinajstić information content (AvgIpc) is 2.90. The second-order valence-corrected chi connectivity index (χ2v) is 6.47. The van der Waals surface area contributed by atoms with Gasteiger partial charge in [-0.2, -0.15) is 0 Å². The van der Waals surface area contributed by atoms with Crippen molar-refractivity contribution in [2.24, 2.45) is 10.8 Å². The molecular formula is C16H26N2O3. The summed E-state index contributed by atoms with van der Waals surface area (Å²) in [6.45, 7) is 10.0. The van der Waals surface area contributed by atoms with Gasteiger partial charge in [-0.05, 0) is 26.7 Å². The Morgan fingerprint density at radius 3 is 2.43 bits per heavy atom. The number of hydrogen-bond acceptors (Lipinski definition) is 4. The molecule has 1 aromatic rings. The van der Waals surface area contributed by atoms with Crippen molar-refractivity contribution in [2.75, 3.05) is 6.61 Å². The van der Waals surface area contributed by atoms with Gasteiger partial charge in [0.25, 0.3) is 0 Å². The van der Waals surface area contributed by atoms with Crippen LogP contribution in [0, 0.1) is 10.8 Å². The van der Waals surface area contributed by atoms with Crippen molar-refractivity contribution in [1.29, 1.82) is 0 Å². The smallest absolute Gasteiger partial charge is 0.311 e. The van der Waals surface area contributed by atoms with Crippen LogP contribution in [0.3, 0.4) is 0 Å². The van der Waals surface area contributed by atoms with Crippen LogP contribution < -0.4 is 0 Å². The molecule has 0 aliphatic carbocycles. The molecule has 1 aromatic heterocycles. The van der Waals surface area contributed by atoms with Crippen LogP contribution >= 0.6 is 0 Å². The molecule has 0 radical (unpaired) electrons. The normalized spacial score (nSPS) is 14.5. The Balaban J connectivity index is 2.60. The highest BCUT2D eigenvalue weighted by atomic mass is 16.5. The Hall–Kier alpha value is -1.65. The molecule has 1 unspecified atom stereocenters. The predicted octanol–water partition coefficient (Wildman–Crippen LogP) is 2.85. The summed E-state index contributed by atoms with van der Waals surface area (Å²) in [5.74, 6) is -0.146. The Kier molecular flexibility index (Phi) is 5.70. The number of carbonyl (C=O) groups is 2. The fraction of sp³-hybridized carbons (Fsp3) is 0.688. The van der Waals surface area contributed by atoms with E-state index in [2.05, 4.69) is 4.98 Å². The molecule has 0 amide bonds. The van der Waals surface area contributed by atoms with E-state index < -0.39 is 10.8 Å². The van der Waals surface area contributed by atoms with E-state index in [0.29, 0.717) is 26.0 Å². The maximum absolute atomic E-state index is 12.4. The summed E-state index contributed by atoms with van der Waals surface area (Å²) in [5.41, 5.74) is -1.15. The molecule has 5 heteroatoms. The summed E-state index contributed by atoms with van der Waals surface area (Å²) in [6, 6.07) is 0. The summed E-state index contributed by atoms with van der Waals surface area (Å²) in [5, 5.41) is 0. The van der Waals surface area contributed by atoms with Crippen LogP contribution in [0.4, 0.5) is 0 Å². The predicted molar refractivity (Wildman–Crippen MR) is 80.7 cm³/mol. The first-order valence-electron chi connectivity index (χ1n) is 7.35. The monoisotopic (exact) mass is 294 g/mol. The summed E-state index contributed by atoms with van der Waals surface area (Å²) in [6.07, 6.45) is 6.34. The van der Waals surface area contributed by atoms with Crippen LogP contribution in [0.2, 0.25) is 0 Å². The molecule has 0 saturated heterocycles. The number of ketones is 1. The van der Waals surface area contributed by atoms with Gasteiger partial charge in [-0.25, -0.2) is 4.98 Å². The lowest BCUT2D eigenvalue weighted by molar-refractivity contribution is -0.158. The maximum Gasteiger partial charge on any atom is 0.311 e.